The third kappa shape index (κ3) is 4.86. The molecule has 0 aromatic carbocycles. The van der Waals surface area contributed by atoms with Gasteiger partial charge in [-0.15, -0.1) is 0 Å². The van der Waals surface area contributed by atoms with Crippen LogP contribution in [0.25, 0.3) is 0 Å². The minimum absolute atomic E-state index is 0.0239. The van der Waals surface area contributed by atoms with Gasteiger partial charge in [0.1, 0.15) is 0 Å². The molecule has 1 fully saturated rings. The van der Waals surface area contributed by atoms with Crippen molar-refractivity contribution >= 4 is 11.8 Å². The minimum Gasteiger partial charge on any atom is -0.464 e. The van der Waals surface area contributed by atoms with Crippen molar-refractivity contribution in [3.63, 3.8) is 0 Å². The van der Waals surface area contributed by atoms with Crippen molar-refractivity contribution in [3.05, 3.63) is 0 Å². The molecule has 0 radical (unpaired) electrons. The van der Waals surface area contributed by atoms with Gasteiger partial charge in [-0.1, -0.05) is 25.7 Å². The predicted molar refractivity (Wildman–Crippen MR) is 63.7 cm³/mol. The summed E-state index contributed by atoms with van der Waals surface area (Å²) in [6.07, 6.45) is 5.50. The van der Waals surface area contributed by atoms with Crippen molar-refractivity contribution in [2.75, 3.05) is 6.61 Å². The first-order chi connectivity index (χ1) is 8.15. The SMILES string of the molecule is CCOC(=O)C(OC1CCCCCC1)C(C)=O. The fourth-order valence-corrected chi connectivity index (χ4v) is 2.11. The molecule has 0 bridgehead atoms. The van der Waals surface area contributed by atoms with Crippen LogP contribution >= 0.6 is 0 Å². The van der Waals surface area contributed by atoms with E-state index in [2.05, 4.69) is 0 Å². The molecule has 0 aromatic rings. The normalized spacial score (nSPS) is 19.4. The summed E-state index contributed by atoms with van der Waals surface area (Å²) in [4.78, 5) is 23.0. The van der Waals surface area contributed by atoms with Gasteiger partial charge < -0.3 is 9.47 Å². The number of ether oxygens (including phenoxy) is 2. The van der Waals surface area contributed by atoms with Gasteiger partial charge in [0, 0.05) is 0 Å². The van der Waals surface area contributed by atoms with Gasteiger partial charge in [0.25, 0.3) is 0 Å². The van der Waals surface area contributed by atoms with Crippen LogP contribution in [-0.4, -0.2) is 30.6 Å². The molecule has 0 amide bonds. The van der Waals surface area contributed by atoms with E-state index in [1.54, 1.807) is 6.92 Å². The van der Waals surface area contributed by atoms with E-state index >= 15 is 0 Å². The number of hydrogen-bond donors (Lipinski definition) is 0. The topological polar surface area (TPSA) is 52.6 Å². The van der Waals surface area contributed by atoms with Gasteiger partial charge in [0.05, 0.1) is 12.7 Å². The van der Waals surface area contributed by atoms with Crippen LogP contribution < -0.4 is 0 Å². The number of hydrogen-bond acceptors (Lipinski definition) is 4. The van der Waals surface area contributed by atoms with Crippen LogP contribution in [0.4, 0.5) is 0 Å². The van der Waals surface area contributed by atoms with Crippen LogP contribution in [0, 0.1) is 0 Å². The van der Waals surface area contributed by atoms with Crippen LogP contribution in [0.5, 0.6) is 0 Å². The Bertz CT molecular complexity index is 254. The highest BCUT2D eigenvalue weighted by Crippen LogP contribution is 2.21. The van der Waals surface area contributed by atoms with E-state index in [0.717, 1.165) is 25.7 Å². The lowest BCUT2D eigenvalue weighted by Crippen LogP contribution is -2.36. The Balaban J connectivity index is 2.52. The molecule has 1 unspecified atom stereocenters. The molecule has 0 N–H and O–H groups in total. The largest absolute Gasteiger partial charge is 0.464 e. The molecule has 1 atom stereocenters. The molecule has 4 nitrogen and oxygen atoms in total. The Kier molecular flexibility index (Phi) is 6.19. The van der Waals surface area contributed by atoms with Gasteiger partial charge in [-0.3, -0.25) is 4.79 Å². The molecule has 4 heteroatoms. The Hall–Kier alpha value is -0.900. The summed E-state index contributed by atoms with van der Waals surface area (Å²) >= 11 is 0. The highest BCUT2D eigenvalue weighted by Gasteiger charge is 2.29. The van der Waals surface area contributed by atoms with Crippen LogP contribution in [0.15, 0.2) is 0 Å². The molecule has 1 rings (SSSR count). The molecule has 0 aliphatic heterocycles. The zero-order valence-electron chi connectivity index (χ0n) is 10.7. The quantitative estimate of drug-likeness (QED) is 0.421. The van der Waals surface area contributed by atoms with E-state index in [4.69, 9.17) is 9.47 Å². The smallest absolute Gasteiger partial charge is 0.343 e. The van der Waals surface area contributed by atoms with E-state index < -0.39 is 12.1 Å². The molecule has 1 aliphatic rings. The highest BCUT2D eigenvalue weighted by molar-refractivity contribution is 6.00. The maximum atomic E-state index is 11.6. The Morgan fingerprint density at radius 3 is 2.24 bits per heavy atom. The third-order valence-corrected chi connectivity index (χ3v) is 3.00. The zero-order chi connectivity index (χ0) is 12.7. The minimum atomic E-state index is -1.03. The van der Waals surface area contributed by atoms with Crippen LogP contribution in [0.3, 0.4) is 0 Å². The first kappa shape index (κ1) is 14.2. The highest BCUT2D eigenvalue weighted by atomic mass is 16.6. The average Bonchev–Trinajstić information content (AvgIpc) is 2.54. The molecular formula is C13H22O4. The standard InChI is InChI=1S/C13H22O4/c1-3-16-13(15)12(10(2)14)17-11-8-6-4-5-7-9-11/h11-12H,3-9H2,1-2H3. The first-order valence-electron chi connectivity index (χ1n) is 6.47. The summed E-state index contributed by atoms with van der Waals surface area (Å²) in [6, 6.07) is 0. The van der Waals surface area contributed by atoms with Crippen molar-refractivity contribution in [1.29, 1.82) is 0 Å². The molecule has 0 saturated heterocycles. The summed E-state index contributed by atoms with van der Waals surface area (Å²) in [6.45, 7) is 3.37. The number of esters is 1. The van der Waals surface area contributed by atoms with E-state index in [1.165, 1.54) is 19.8 Å². The van der Waals surface area contributed by atoms with Gasteiger partial charge >= 0.3 is 5.97 Å². The van der Waals surface area contributed by atoms with E-state index in [1.807, 2.05) is 0 Å². The van der Waals surface area contributed by atoms with E-state index in [9.17, 15) is 9.59 Å². The van der Waals surface area contributed by atoms with Crippen LogP contribution in [0.1, 0.15) is 52.4 Å². The van der Waals surface area contributed by atoms with Crippen molar-refractivity contribution in [1.82, 2.24) is 0 Å². The summed E-state index contributed by atoms with van der Waals surface area (Å²) in [5.74, 6) is -0.822. The molecular weight excluding hydrogens is 220 g/mol. The predicted octanol–water partition coefficient (Wildman–Crippen LogP) is 2.25. The molecule has 0 spiro atoms. The second-order valence-corrected chi connectivity index (χ2v) is 4.49. The maximum absolute atomic E-state index is 11.6. The van der Waals surface area contributed by atoms with E-state index in [-0.39, 0.29) is 18.5 Å². The summed E-state index contributed by atoms with van der Waals surface area (Å²) < 4.78 is 10.5. The Morgan fingerprint density at radius 1 is 1.18 bits per heavy atom. The van der Waals surface area contributed by atoms with Crippen molar-refractivity contribution < 1.29 is 19.1 Å². The van der Waals surface area contributed by atoms with Gasteiger partial charge in [-0.25, -0.2) is 4.79 Å². The number of rotatable bonds is 5. The number of carbonyl (C=O) groups excluding carboxylic acids is 2. The molecule has 1 aliphatic carbocycles. The molecule has 17 heavy (non-hydrogen) atoms. The zero-order valence-corrected chi connectivity index (χ0v) is 10.7. The number of ketones is 1. The molecule has 0 heterocycles. The van der Waals surface area contributed by atoms with Gasteiger partial charge in [-0.2, -0.15) is 0 Å². The third-order valence-electron chi connectivity index (χ3n) is 3.00. The summed E-state index contributed by atoms with van der Waals surface area (Å²) in [5.41, 5.74) is 0. The van der Waals surface area contributed by atoms with Gasteiger partial charge in [-0.05, 0) is 26.7 Å². The average molecular weight is 242 g/mol. The maximum Gasteiger partial charge on any atom is 0.343 e. The number of Topliss-reactive ketones (excluding diaryl/α,β-unsaturated/α-hetero) is 1. The summed E-state index contributed by atoms with van der Waals surface area (Å²) in [5, 5.41) is 0. The van der Waals surface area contributed by atoms with E-state index in [0.29, 0.717) is 0 Å². The van der Waals surface area contributed by atoms with Crippen molar-refractivity contribution in [3.8, 4) is 0 Å². The lowest BCUT2D eigenvalue weighted by atomic mass is 10.1. The Morgan fingerprint density at radius 2 is 1.76 bits per heavy atom. The fourth-order valence-electron chi connectivity index (χ4n) is 2.11. The second kappa shape index (κ2) is 7.43. The van der Waals surface area contributed by atoms with Crippen LogP contribution in [0.2, 0.25) is 0 Å². The lowest BCUT2D eigenvalue weighted by molar-refractivity contribution is -0.165. The molecule has 0 aromatic heterocycles. The first-order valence-corrected chi connectivity index (χ1v) is 6.47. The van der Waals surface area contributed by atoms with Crippen molar-refractivity contribution in [2.24, 2.45) is 0 Å². The molecule has 98 valence electrons. The summed E-state index contributed by atoms with van der Waals surface area (Å²) in [7, 11) is 0. The van der Waals surface area contributed by atoms with Gasteiger partial charge in [0.2, 0.25) is 6.10 Å². The fraction of sp³-hybridized carbons (Fsp3) is 0.846. The van der Waals surface area contributed by atoms with Crippen LogP contribution in [-0.2, 0) is 19.1 Å². The Labute approximate surface area is 103 Å². The molecule has 1 saturated carbocycles. The monoisotopic (exact) mass is 242 g/mol. The van der Waals surface area contributed by atoms with Gasteiger partial charge in [0.15, 0.2) is 5.78 Å². The lowest BCUT2D eigenvalue weighted by Gasteiger charge is -2.20. The van der Waals surface area contributed by atoms with Crippen molar-refractivity contribution in [2.45, 2.75) is 64.6 Å². The second-order valence-electron chi connectivity index (χ2n) is 4.49. The number of carbonyl (C=O) groups is 2.